The second-order valence-corrected chi connectivity index (χ2v) is 5.51. The molecule has 3 rings (SSSR count). The predicted octanol–water partition coefficient (Wildman–Crippen LogP) is 2.24. The van der Waals surface area contributed by atoms with Gasteiger partial charge in [0.1, 0.15) is 0 Å². The lowest BCUT2D eigenvalue weighted by molar-refractivity contribution is 0.355. The smallest absolute Gasteiger partial charge is 0.278 e. The Morgan fingerprint density at radius 1 is 0.920 bits per heavy atom. The molecule has 0 aliphatic heterocycles. The maximum Gasteiger partial charge on any atom is 0.278 e. The second kappa shape index (κ2) is 6.32. The molecule has 0 bridgehead atoms. The zero-order valence-electron chi connectivity index (χ0n) is 14.3. The Kier molecular flexibility index (Phi) is 4.19. The van der Waals surface area contributed by atoms with Gasteiger partial charge in [-0.2, -0.15) is 0 Å². The van der Waals surface area contributed by atoms with Crippen molar-refractivity contribution in [2.45, 2.75) is 0 Å². The van der Waals surface area contributed by atoms with Crippen molar-refractivity contribution in [1.82, 2.24) is 9.36 Å². The first kappa shape index (κ1) is 16.6. The van der Waals surface area contributed by atoms with Gasteiger partial charge in [0, 0.05) is 12.6 Å². The fourth-order valence-electron chi connectivity index (χ4n) is 2.81. The van der Waals surface area contributed by atoms with E-state index in [1.54, 1.807) is 56.6 Å². The van der Waals surface area contributed by atoms with E-state index in [1.807, 2.05) is 0 Å². The van der Waals surface area contributed by atoms with Gasteiger partial charge < -0.3 is 9.47 Å². The first-order valence-corrected chi connectivity index (χ1v) is 7.62. The Bertz CT molecular complexity index is 1090. The largest absolute Gasteiger partial charge is 0.493 e. The number of hydrogen-bond acceptors (Lipinski definition) is 4. The second-order valence-electron chi connectivity index (χ2n) is 5.51. The van der Waals surface area contributed by atoms with Crippen LogP contribution < -0.4 is 20.6 Å². The van der Waals surface area contributed by atoms with Crippen LogP contribution in [0.4, 0.5) is 0 Å². The minimum Gasteiger partial charge on any atom is -0.493 e. The number of ether oxygens (including phenoxy) is 2. The molecular formula is C19H18N2O4. The van der Waals surface area contributed by atoms with Gasteiger partial charge in [-0.15, -0.1) is 0 Å². The first-order chi connectivity index (χ1) is 12.0. The van der Waals surface area contributed by atoms with E-state index in [9.17, 15) is 9.59 Å². The van der Waals surface area contributed by atoms with E-state index in [-0.39, 0.29) is 11.1 Å². The molecular weight excluding hydrogens is 320 g/mol. The summed E-state index contributed by atoms with van der Waals surface area (Å²) >= 11 is 0. The average molecular weight is 338 g/mol. The fourth-order valence-corrected chi connectivity index (χ4v) is 2.81. The van der Waals surface area contributed by atoms with Crippen LogP contribution in [0.5, 0.6) is 11.5 Å². The summed E-state index contributed by atoms with van der Waals surface area (Å²) < 4.78 is 13.1. The molecule has 0 atom stereocenters. The number of rotatable bonds is 4. The minimum absolute atomic E-state index is 0.267. The lowest BCUT2D eigenvalue weighted by Gasteiger charge is -2.16. The van der Waals surface area contributed by atoms with Crippen molar-refractivity contribution in [3.8, 4) is 11.5 Å². The molecule has 0 aliphatic carbocycles. The molecule has 0 unspecified atom stereocenters. The van der Waals surface area contributed by atoms with E-state index < -0.39 is 0 Å². The third-order valence-electron chi connectivity index (χ3n) is 4.15. The summed E-state index contributed by atoms with van der Waals surface area (Å²) in [7, 11) is 4.62. The molecule has 6 nitrogen and oxygen atoms in total. The van der Waals surface area contributed by atoms with Crippen LogP contribution >= 0.6 is 0 Å². The van der Waals surface area contributed by atoms with Crippen molar-refractivity contribution in [2.75, 3.05) is 14.2 Å². The molecule has 2 aromatic carbocycles. The van der Waals surface area contributed by atoms with Crippen LogP contribution in [0.15, 0.2) is 58.6 Å². The molecule has 128 valence electrons. The third-order valence-corrected chi connectivity index (χ3v) is 4.15. The molecule has 1 heterocycles. The van der Waals surface area contributed by atoms with Gasteiger partial charge in [-0.3, -0.25) is 9.59 Å². The lowest BCUT2D eigenvalue weighted by Crippen LogP contribution is -2.36. The standard InChI is InChI=1S/C19H18N2O4/c1-12(13-9-10-16(24-3)17(11-13)25-4)21-19(23)15-8-6-5-7-14(15)18(22)20(21)2/h5-11H,1H2,2-4H3. The summed E-state index contributed by atoms with van der Waals surface area (Å²) in [6.45, 7) is 4.00. The van der Waals surface area contributed by atoms with Gasteiger partial charge in [0.25, 0.3) is 11.1 Å². The third kappa shape index (κ3) is 2.61. The summed E-state index contributed by atoms with van der Waals surface area (Å²) in [5.41, 5.74) is 0.440. The Hall–Kier alpha value is -3.28. The highest BCUT2D eigenvalue weighted by Crippen LogP contribution is 2.30. The Labute approximate surface area is 144 Å². The SMILES string of the molecule is C=C(c1ccc(OC)c(OC)c1)n1c(=O)c2ccccc2c(=O)n1C. The van der Waals surface area contributed by atoms with E-state index in [1.165, 1.54) is 16.5 Å². The van der Waals surface area contributed by atoms with Gasteiger partial charge in [0.15, 0.2) is 11.5 Å². The highest BCUT2D eigenvalue weighted by molar-refractivity contribution is 5.81. The summed E-state index contributed by atoms with van der Waals surface area (Å²) in [6.07, 6.45) is 0. The molecule has 0 N–H and O–H groups in total. The topological polar surface area (TPSA) is 62.5 Å². The van der Waals surface area contributed by atoms with Crippen molar-refractivity contribution >= 4 is 16.5 Å². The molecule has 25 heavy (non-hydrogen) atoms. The van der Waals surface area contributed by atoms with Crippen molar-refractivity contribution in [2.24, 2.45) is 7.05 Å². The number of hydrogen-bond donors (Lipinski definition) is 0. The van der Waals surface area contributed by atoms with E-state index >= 15 is 0 Å². The van der Waals surface area contributed by atoms with Crippen LogP contribution in [0.3, 0.4) is 0 Å². The number of benzene rings is 2. The van der Waals surface area contributed by atoms with E-state index in [0.717, 1.165) is 0 Å². The Morgan fingerprint density at radius 2 is 1.52 bits per heavy atom. The molecule has 0 aliphatic rings. The van der Waals surface area contributed by atoms with Crippen LogP contribution in [0, 0.1) is 0 Å². The number of aromatic nitrogens is 2. The van der Waals surface area contributed by atoms with Crippen LogP contribution in [0.1, 0.15) is 5.56 Å². The zero-order chi connectivity index (χ0) is 18.1. The molecule has 0 radical (unpaired) electrons. The number of methoxy groups -OCH3 is 2. The van der Waals surface area contributed by atoms with Crippen LogP contribution in [0.2, 0.25) is 0 Å². The normalized spacial score (nSPS) is 10.7. The van der Waals surface area contributed by atoms with Crippen molar-refractivity contribution in [3.63, 3.8) is 0 Å². The van der Waals surface area contributed by atoms with Crippen molar-refractivity contribution < 1.29 is 9.47 Å². The highest BCUT2D eigenvalue weighted by atomic mass is 16.5. The zero-order valence-corrected chi connectivity index (χ0v) is 14.3. The predicted molar refractivity (Wildman–Crippen MR) is 97.4 cm³/mol. The highest BCUT2D eigenvalue weighted by Gasteiger charge is 2.15. The van der Waals surface area contributed by atoms with E-state index in [0.29, 0.717) is 33.5 Å². The maximum absolute atomic E-state index is 12.9. The van der Waals surface area contributed by atoms with Gasteiger partial charge >= 0.3 is 0 Å². The lowest BCUT2D eigenvalue weighted by atomic mass is 10.1. The first-order valence-electron chi connectivity index (χ1n) is 7.62. The van der Waals surface area contributed by atoms with Crippen LogP contribution in [0.25, 0.3) is 16.5 Å². The van der Waals surface area contributed by atoms with Gasteiger partial charge in [0.05, 0.1) is 30.7 Å². The molecule has 0 saturated heterocycles. The summed E-state index contributed by atoms with van der Waals surface area (Å²) in [5.74, 6) is 1.08. The molecule has 6 heteroatoms. The summed E-state index contributed by atoms with van der Waals surface area (Å²) in [4.78, 5) is 25.5. The fraction of sp³-hybridized carbons (Fsp3) is 0.158. The van der Waals surface area contributed by atoms with E-state index in [4.69, 9.17) is 9.47 Å². The maximum atomic E-state index is 12.9. The molecule has 0 spiro atoms. The average Bonchev–Trinajstić information content (AvgIpc) is 2.65. The quantitative estimate of drug-likeness (QED) is 0.732. The molecule has 0 amide bonds. The van der Waals surface area contributed by atoms with Crippen LogP contribution in [-0.4, -0.2) is 23.6 Å². The van der Waals surface area contributed by atoms with Gasteiger partial charge in [-0.1, -0.05) is 18.7 Å². The van der Waals surface area contributed by atoms with Crippen molar-refractivity contribution in [1.29, 1.82) is 0 Å². The van der Waals surface area contributed by atoms with Crippen molar-refractivity contribution in [3.05, 3.63) is 75.3 Å². The van der Waals surface area contributed by atoms with Gasteiger partial charge in [-0.05, 0) is 30.3 Å². The van der Waals surface area contributed by atoms with Gasteiger partial charge in [-0.25, -0.2) is 9.36 Å². The minimum atomic E-state index is -0.308. The number of nitrogens with zero attached hydrogens (tertiary/aromatic N) is 2. The molecule has 1 aromatic heterocycles. The number of fused-ring (bicyclic) bond motifs is 1. The summed E-state index contributed by atoms with van der Waals surface area (Å²) in [6, 6.07) is 11.9. The van der Waals surface area contributed by atoms with Crippen LogP contribution in [-0.2, 0) is 7.05 Å². The Balaban J connectivity index is 2.25. The molecule has 0 fully saturated rings. The monoisotopic (exact) mass is 338 g/mol. The molecule has 3 aromatic rings. The van der Waals surface area contributed by atoms with Gasteiger partial charge in [0.2, 0.25) is 0 Å². The Morgan fingerprint density at radius 3 is 2.12 bits per heavy atom. The molecule has 0 saturated carbocycles. The summed E-state index contributed by atoms with van der Waals surface area (Å²) in [5, 5.41) is 0.735. The van der Waals surface area contributed by atoms with E-state index in [2.05, 4.69) is 6.58 Å².